The van der Waals surface area contributed by atoms with Gasteiger partial charge in [-0.3, -0.25) is 4.79 Å². The maximum absolute atomic E-state index is 11.9. The quantitative estimate of drug-likeness (QED) is 0.875. The summed E-state index contributed by atoms with van der Waals surface area (Å²) in [5.41, 5.74) is 0.453. The first-order chi connectivity index (χ1) is 8.79. The number of amides is 1. The predicted octanol–water partition coefficient (Wildman–Crippen LogP) is 2.36. The molecule has 106 valence electrons. The largest absolute Gasteiger partial charge is 0.326 e. The Hall–Kier alpha value is -1.11. The summed E-state index contributed by atoms with van der Waals surface area (Å²) in [4.78, 5) is 11.7. The Kier molecular flexibility index (Phi) is 5.34. The number of carbonyl (C=O) groups is 1. The highest BCUT2D eigenvalue weighted by atomic mass is 35.5. The standard InChI is InChI=1S/C12H17ClN2O3S/c1-3-8(4-2)12(16)15-9-5-6-11(10(13)7-9)19(14,17)18/h5-8H,3-4H2,1-2H3,(H,15,16)(H2,14,17,18). The van der Waals surface area contributed by atoms with Gasteiger partial charge in [-0.1, -0.05) is 25.4 Å². The zero-order valence-electron chi connectivity index (χ0n) is 10.8. The molecule has 19 heavy (non-hydrogen) atoms. The van der Waals surface area contributed by atoms with Crippen molar-refractivity contribution in [1.29, 1.82) is 0 Å². The van der Waals surface area contributed by atoms with Crippen molar-refractivity contribution in [1.82, 2.24) is 0 Å². The molecule has 1 aromatic rings. The Morgan fingerprint density at radius 3 is 2.37 bits per heavy atom. The van der Waals surface area contributed by atoms with E-state index in [4.69, 9.17) is 16.7 Å². The van der Waals surface area contributed by atoms with Gasteiger partial charge in [0.2, 0.25) is 15.9 Å². The smallest absolute Gasteiger partial charge is 0.239 e. The lowest BCUT2D eigenvalue weighted by Crippen LogP contribution is -2.21. The van der Waals surface area contributed by atoms with E-state index in [2.05, 4.69) is 5.32 Å². The van der Waals surface area contributed by atoms with Crippen molar-refractivity contribution in [2.75, 3.05) is 5.32 Å². The van der Waals surface area contributed by atoms with Crippen LogP contribution in [0.25, 0.3) is 0 Å². The Balaban J connectivity index is 2.94. The zero-order valence-corrected chi connectivity index (χ0v) is 12.4. The van der Waals surface area contributed by atoms with Crippen LogP contribution < -0.4 is 10.5 Å². The van der Waals surface area contributed by atoms with Crippen LogP contribution in [0.1, 0.15) is 26.7 Å². The first-order valence-corrected chi connectivity index (χ1v) is 7.85. The summed E-state index contributed by atoms with van der Waals surface area (Å²) in [5, 5.41) is 7.70. The Morgan fingerprint density at radius 1 is 1.37 bits per heavy atom. The minimum atomic E-state index is -3.85. The van der Waals surface area contributed by atoms with Crippen LogP contribution in [0.4, 0.5) is 5.69 Å². The van der Waals surface area contributed by atoms with Crippen molar-refractivity contribution in [2.24, 2.45) is 11.1 Å². The van der Waals surface area contributed by atoms with Gasteiger partial charge in [0, 0.05) is 11.6 Å². The van der Waals surface area contributed by atoms with Gasteiger partial charge in [-0.2, -0.15) is 0 Å². The minimum absolute atomic E-state index is 0.00940. The van der Waals surface area contributed by atoms with E-state index in [1.807, 2.05) is 13.8 Å². The molecule has 0 heterocycles. The highest BCUT2D eigenvalue weighted by molar-refractivity contribution is 7.89. The highest BCUT2D eigenvalue weighted by Crippen LogP contribution is 2.24. The van der Waals surface area contributed by atoms with Gasteiger partial charge in [0.05, 0.1) is 5.02 Å². The molecule has 0 saturated carbocycles. The number of nitrogens with two attached hydrogens (primary N) is 1. The molecule has 1 rings (SSSR count). The summed E-state index contributed by atoms with van der Waals surface area (Å²) >= 11 is 5.83. The Morgan fingerprint density at radius 2 is 1.95 bits per heavy atom. The molecule has 0 aromatic heterocycles. The average Bonchev–Trinajstić information content (AvgIpc) is 2.28. The second-order valence-electron chi connectivity index (χ2n) is 4.19. The van der Waals surface area contributed by atoms with Gasteiger partial charge in [-0.25, -0.2) is 13.6 Å². The number of halogens is 1. The van der Waals surface area contributed by atoms with Crippen LogP contribution in [0.3, 0.4) is 0 Å². The molecule has 0 fully saturated rings. The van der Waals surface area contributed by atoms with Crippen molar-refractivity contribution in [3.8, 4) is 0 Å². The minimum Gasteiger partial charge on any atom is -0.326 e. The van der Waals surface area contributed by atoms with Gasteiger partial charge in [0.15, 0.2) is 0 Å². The second kappa shape index (κ2) is 6.36. The third-order valence-electron chi connectivity index (χ3n) is 2.86. The van der Waals surface area contributed by atoms with Crippen LogP contribution in [-0.2, 0) is 14.8 Å². The van der Waals surface area contributed by atoms with Crippen LogP contribution in [0, 0.1) is 5.92 Å². The van der Waals surface area contributed by atoms with Crippen molar-refractivity contribution in [2.45, 2.75) is 31.6 Å². The summed E-state index contributed by atoms with van der Waals surface area (Å²) in [7, 11) is -3.85. The molecule has 0 atom stereocenters. The van der Waals surface area contributed by atoms with Gasteiger partial charge < -0.3 is 5.32 Å². The van der Waals surface area contributed by atoms with E-state index in [-0.39, 0.29) is 21.7 Å². The molecule has 1 amide bonds. The molecule has 0 spiro atoms. The summed E-state index contributed by atoms with van der Waals surface area (Å²) in [6, 6.07) is 4.12. The van der Waals surface area contributed by atoms with E-state index in [9.17, 15) is 13.2 Å². The van der Waals surface area contributed by atoms with Gasteiger partial charge in [0.1, 0.15) is 4.90 Å². The first kappa shape index (κ1) is 15.9. The zero-order chi connectivity index (χ0) is 14.6. The number of carbonyl (C=O) groups excluding carboxylic acids is 1. The number of primary sulfonamides is 1. The fourth-order valence-electron chi connectivity index (χ4n) is 1.71. The Labute approximate surface area is 118 Å². The van der Waals surface area contributed by atoms with Crippen LogP contribution in [0.15, 0.2) is 23.1 Å². The highest BCUT2D eigenvalue weighted by Gasteiger charge is 2.16. The molecule has 0 bridgehead atoms. The molecule has 1 aromatic carbocycles. The molecule has 3 N–H and O–H groups in total. The molecule has 0 aliphatic carbocycles. The van der Waals surface area contributed by atoms with E-state index in [0.717, 1.165) is 12.8 Å². The summed E-state index contributed by atoms with van der Waals surface area (Å²) < 4.78 is 22.4. The van der Waals surface area contributed by atoms with Gasteiger partial charge in [-0.05, 0) is 31.0 Å². The van der Waals surface area contributed by atoms with E-state index in [1.165, 1.54) is 18.2 Å². The van der Waals surface area contributed by atoms with Gasteiger partial charge in [-0.15, -0.1) is 0 Å². The van der Waals surface area contributed by atoms with Gasteiger partial charge in [0.25, 0.3) is 0 Å². The monoisotopic (exact) mass is 304 g/mol. The predicted molar refractivity (Wildman–Crippen MR) is 75.5 cm³/mol. The lowest BCUT2D eigenvalue weighted by molar-refractivity contribution is -0.120. The lowest BCUT2D eigenvalue weighted by atomic mass is 10.0. The van der Waals surface area contributed by atoms with Gasteiger partial charge >= 0.3 is 0 Å². The number of anilines is 1. The number of hydrogen-bond donors (Lipinski definition) is 2. The molecule has 0 aliphatic heterocycles. The van der Waals surface area contributed by atoms with E-state index >= 15 is 0 Å². The molecule has 0 aliphatic rings. The van der Waals surface area contributed by atoms with E-state index < -0.39 is 10.0 Å². The third kappa shape index (κ3) is 4.19. The average molecular weight is 305 g/mol. The lowest BCUT2D eigenvalue weighted by Gasteiger charge is -2.13. The maximum atomic E-state index is 11.9. The second-order valence-corrected chi connectivity index (χ2v) is 6.13. The van der Waals surface area contributed by atoms with Crippen molar-refractivity contribution in [3.63, 3.8) is 0 Å². The van der Waals surface area contributed by atoms with E-state index in [0.29, 0.717) is 5.69 Å². The summed E-state index contributed by atoms with van der Waals surface area (Å²) in [6.07, 6.45) is 1.48. The summed E-state index contributed by atoms with van der Waals surface area (Å²) in [5.74, 6) is -0.180. The topological polar surface area (TPSA) is 89.3 Å². The number of hydrogen-bond acceptors (Lipinski definition) is 3. The molecule has 0 radical (unpaired) electrons. The number of nitrogens with one attached hydrogen (secondary N) is 1. The van der Waals surface area contributed by atoms with Crippen molar-refractivity contribution < 1.29 is 13.2 Å². The fraction of sp³-hybridized carbons (Fsp3) is 0.417. The maximum Gasteiger partial charge on any atom is 0.239 e. The van der Waals surface area contributed by atoms with Crippen molar-refractivity contribution in [3.05, 3.63) is 23.2 Å². The van der Waals surface area contributed by atoms with Crippen LogP contribution in [-0.4, -0.2) is 14.3 Å². The third-order valence-corrected chi connectivity index (χ3v) is 4.26. The SMILES string of the molecule is CCC(CC)C(=O)Nc1ccc(S(N)(=O)=O)c(Cl)c1. The molecule has 5 nitrogen and oxygen atoms in total. The first-order valence-electron chi connectivity index (χ1n) is 5.92. The Bertz CT molecular complexity index is 568. The number of benzene rings is 1. The normalized spacial score (nSPS) is 11.6. The number of sulfonamides is 1. The summed E-state index contributed by atoms with van der Waals surface area (Å²) in [6.45, 7) is 3.87. The molecule has 0 saturated heterocycles. The molecular weight excluding hydrogens is 288 g/mol. The molecule has 7 heteroatoms. The van der Waals surface area contributed by atoms with Crippen molar-refractivity contribution >= 4 is 33.2 Å². The molecular formula is C12H17ClN2O3S. The van der Waals surface area contributed by atoms with Crippen LogP contribution in [0.5, 0.6) is 0 Å². The van der Waals surface area contributed by atoms with Crippen LogP contribution >= 0.6 is 11.6 Å². The van der Waals surface area contributed by atoms with Crippen LogP contribution in [0.2, 0.25) is 5.02 Å². The number of rotatable bonds is 5. The fourth-order valence-corrected chi connectivity index (χ4v) is 2.80. The van der Waals surface area contributed by atoms with E-state index in [1.54, 1.807) is 0 Å². The molecule has 0 unspecified atom stereocenters.